The molecule has 1 aromatic heterocycles. The first-order valence-electron chi connectivity index (χ1n) is 6.46. The minimum atomic E-state index is -0.235. The van der Waals surface area contributed by atoms with Crippen molar-refractivity contribution in [1.82, 2.24) is 5.32 Å². The van der Waals surface area contributed by atoms with E-state index in [9.17, 15) is 4.39 Å². The van der Waals surface area contributed by atoms with Gasteiger partial charge in [0.15, 0.2) is 0 Å². The summed E-state index contributed by atoms with van der Waals surface area (Å²) in [6.07, 6.45) is 5.18. The molecular formula is C16H18FNO. The summed E-state index contributed by atoms with van der Waals surface area (Å²) in [7, 11) is 0. The molecule has 3 heteroatoms. The summed E-state index contributed by atoms with van der Waals surface area (Å²) in [5.74, 6) is 1.42. The van der Waals surface area contributed by atoms with E-state index in [0.29, 0.717) is 6.54 Å². The Kier molecular flexibility index (Phi) is 4.93. The molecule has 2 nitrogen and oxygen atoms in total. The van der Waals surface area contributed by atoms with Crippen molar-refractivity contribution >= 4 is 0 Å². The van der Waals surface area contributed by atoms with Crippen molar-refractivity contribution in [2.24, 2.45) is 0 Å². The van der Waals surface area contributed by atoms with Gasteiger partial charge in [0.25, 0.3) is 0 Å². The molecule has 2 rings (SSSR count). The van der Waals surface area contributed by atoms with Crippen molar-refractivity contribution in [1.29, 1.82) is 0 Å². The number of rotatable bonds is 6. The number of halogens is 1. The molecule has 0 bridgehead atoms. The minimum absolute atomic E-state index is 0.235. The molecular weight excluding hydrogens is 241 g/mol. The van der Waals surface area contributed by atoms with Gasteiger partial charge in [-0.15, -0.1) is 0 Å². The third-order valence-corrected chi connectivity index (χ3v) is 2.81. The van der Waals surface area contributed by atoms with Crippen molar-refractivity contribution in [2.45, 2.75) is 19.9 Å². The average molecular weight is 259 g/mol. The van der Waals surface area contributed by atoms with Gasteiger partial charge in [-0.3, -0.25) is 0 Å². The standard InChI is InChI=1S/C16H18FNO/c1-2-3-4-11-18-12-15-9-10-16(19-15)13-5-7-14(17)8-6-13/h2-3,5-10,18H,4,11-12H2,1H3/b3-2+. The molecule has 19 heavy (non-hydrogen) atoms. The van der Waals surface area contributed by atoms with E-state index in [1.54, 1.807) is 12.1 Å². The van der Waals surface area contributed by atoms with Crippen LogP contribution in [0.25, 0.3) is 11.3 Å². The monoisotopic (exact) mass is 259 g/mol. The molecule has 0 aliphatic heterocycles. The molecule has 0 saturated carbocycles. The molecule has 0 fully saturated rings. The molecule has 0 aliphatic rings. The van der Waals surface area contributed by atoms with Gasteiger partial charge in [0.05, 0.1) is 6.54 Å². The molecule has 0 spiro atoms. The maximum atomic E-state index is 12.8. The van der Waals surface area contributed by atoms with Gasteiger partial charge in [-0.25, -0.2) is 4.39 Å². The highest BCUT2D eigenvalue weighted by atomic mass is 19.1. The smallest absolute Gasteiger partial charge is 0.134 e. The van der Waals surface area contributed by atoms with Gasteiger partial charge < -0.3 is 9.73 Å². The fourth-order valence-electron chi connectivity index (χ4n) is 1.81. The minimum Gasteiger partial charge on any atom is -0.460 e. The van der Waals surface area contributed by atoms with Crippen LogP contribution < -0.4 is 5.32 Å². The van der Waals surface area contributed by atoms with Crippen LogP contribution in [-0.4, -0.2) is 6.54 Å². The fraction of sp³-hybridized carbons (Fsp3) is 0.250. The average Bonchev–Trinajstić information content (AvgIpc) is 2.88. The maximum Gasteiger partial charge on any atom is 0.134 e. The lowest BCUT2D eigenvalue weighted by molar-refractivity contribution is 0.495. The van der Waals surface area contributed by atoms with Crippen LogP contribution in [0.1, 0.15) is 19.1 Å². The van der Waals surface area contributed by atoms with E-state index in [0.717, 1.165) is 30.0 Å². The largest absolute Gasteiger partial charge is 0.460 e. The molecule has 0 atom stereocenters. The third-order valence-electron chi connectivity index (χ3n) is 2.81. The first-order valence-corrected chi connectivity index (χ1v) is 6.46. The highest BCUT2D eigenvalue weighted by Gasteiger charge is 2.04. The Morgan fingerprint density at radius 3 is 2.68 bits per heavy atom. The molecule has 1 N–H and O–H groups in total. The summed E-state index contributed by atoms with van der Waals surface area (Å²) in [4.78, 5) is 0. The molecule has 0 saturated heterocycles. The quantitative estimate of drug-likeness (QED) is 0.623. The molecule has 1 heterocycles. The Morgan fingerprint density at radius 2 is 1.95 bits per heavy atom. The zero-order valence-electron chi connectivity index (χ0n) is 11.0. The summed E-state index contributed by atoms with van der Waals surface area (Å²) in [6, 6.07) is 10.2. The van der Waals surface area contributed by atoms with Crippen LogP contribution in [0.4, 0.5) is 4.39 Å². The topological polar surface area (TPSA) is 25.2 Å². The van der Waals surface area contributed by atoms with Gasteiger partial charge in [-0.05, 0) is 56.3 Å². The molecule has 2 aromatic rings. The lowest BCUT2D eigenvalue weighted by Crippen LogP contribution is -2.13. The Balaban J connectivity index is 1.90. The molecule has 0 unspecified atom stereocenters. The number of benzene rings is 1. The van der Waals surface area contributed by atoms with E-state index in [-0.39, 0.29) is 5.82 Å². The van der Waals surface area contributed by atoms with Crippen LogP contribution >= 0.6 is 0 Å². The first kappa shape index (κ1) is 13.6. The van der Waals surface area contributed by atoms with Gasteiger partial charge in [0.2, 0.25) is 0 Å². The summed E-state index contributed by atoms with van der Waals surface area (Å²) in [6.45, 7) is 3.65. The molecule has 0 amide bonds. The van der Waals surface area contributed by atoms with Crippen LogP contribution in [0.5, 0.6) is 0 Å². The van der Waals surface area contributed by atoms with Crippen molar-refractivity contribution < 1.29 is 8.81 Å². The summed E-state index contributed by atoms with van der Waals surface area (Å²) < 4.78 is 18.5. The Hall–Kier alpha value is -1.87. The number of furan rings is 1. The molecule has 1 aromatic carbocycles. The van der Waals surface area contributed by atoms with Gasteiger partial charge in [-0.1, -0.05) is 12.2 Å². The van der Waals surface area contributed by atoms with Crippen LogP contribution in [0.15, 0.2) is 53.0 Å². The lowest BCUT2D eigenvalue weighted by Gasteiger charge is -2.00. The predicted octanol–water partition coefficient (Wildman–Crippen LogP) is 4.14. The van der Waals surface area contributed by atoms with Crippen LogP contribution in [0.2, 0.25) is 0 Å². The summed E-state index contributed by atoms with van der Waals surface area (Å²) in [5.41, 5.74) is 0.890. The van der Waals surface area contributed by atoms with E-state index in [4.69, 9.17) is 4.42 Å². The van der Waals surface area contributed by atoms with Crippen LogP contribution in [-0.2, 0) is 6.54 Å². The zero-order valence-corrected chi connectivity index (χ0v) is 11.0. The number of hydrogen-bond acceptors (Lipinski definition) is 2. The summed E-state index contributed by atoms with van der Waals surface area (Å²) >= 11 is 0. The van der Waals surface area contributed by atoms with E-state index < -0.39 is 0 Å². The predicted molar refractivity (Wildman–Crippen MR) is 75.2 cm³/mol. The first-order chi connectivity index (χ1) is 9.29. The van der Waals surface area contributed by atoms with E-state index in [2.05, 4.69) is 11.4 Å². The third kappa shape index (κ3) is 4.07. The van der Waals surface area contributed by atoms with Crippen LogP contribution in [0.3, 0.4) is 0 Å². The Labute approximate surface area is 112 Å². The SMILES string of the molecule is C/C=C/CCNCc1ccc(-c2ccc(F)cc2)o1. The Morgan fingerprint density at radius 1 is 1.16 bits per heavy atom. The highest BCUT2D eigenvalue weighted by Crippen LogP contribution is 2.22. The van der Waals surface area contributed by atoms with Crippen molar-refractivity contribution in [3.05, 3.63) is 60.1 Å². The lowest BCUT2D eigenvalue weighted by atomic mass is 10.2. The molecule has 0 radical (unpaired) electrons. The number of hydrogen-bond donors (Lipinski definition) is 1. The van der Waals surface area contributed by atoms with E-state index >= 15 is 0 Å². The van der Waals surface area contributed by atoms with Gasteiger partial charge >= 0.3 is 0 Å². The van der Waals surface area contributed by atoms with Gasteiger partial charge in [0.1, 0.15) is 17.3 Å². The van der Waals surface area contributed by atoms with Gasteiger partial charge in [-0.2, -0.15) is 0 Å². The van der Waals surface area contributed by atoms with Gasteiger partial charge in [0, 0.05) is 5.56 Å². The van der Waals surface area contributed by atoms with Crippen molar-refractivity contribution in [3.8, 4) is 11.3 Å². The molecule has 100 valence electrons. The number of nitrogens with one attached hydrogen (secondary N) is 1. The highest BCUT2D eigenvalue weighted by molar-refractivity contribution is 5.57. The van der Waals surface area contributed by atoms with E-state index in [1.165, 1.54) is 12.1 Å². The van der Waals surface area contributed by atoms with Crippen LogP contribution in [0, 0.1) is 5.82 Å². The maximum absolute atomic E-state index is 12.8. The van der Waals surface area contributed by atoms with Crippen molar-refractivity contribution in [2.75, 3.05) is 6.54 Å². The molecule has 0 aliphatic carbocycles. The summed E-state index contributed by atoms with van der Waals surface area (Å²) in [5, 5.41) is 3.31. The van der Waals surface area contributed by atoms with Crippen molar-refractivity contribution in [3.63, 3.8) is 0 Å². The zero-order chi connectivity index (χ0) is 13.5. The Bertz CT molecular complexity index is 528. The second kappa shape index (κ2) is 6.90. The fourth-order valence-corrected chi connectivity index (χ4v) is 1.81. The normalized spacial score (nSPS) is 11.3. The second-order valence-electron chi connectivity index (χ2n) is 4.31. The second-order valence-corrected chi connectivity index (χ2v) is 4.31. The van der Waals surface area contributed by atoms with E-state index in [1.807, 2.05) is 25.1 Å². The number of allylic oxidation sites excluding steroid dienone is 1.